The minimum Gasteiger partial charge on any atom is -0.548 e. The number of aliphatic carboxylic acids is 1. The van der Waals surface area contributed by atoms with E-state index in [1.807, 2.05) is 0 Å². The highest BCUT2D eigenvalue weighted by Gasteiger charge is 2.12. The second-order valence-electron chi connectivity index (χ2n) is 1.31. The van der Waals surface area contributed by atoms with Crippen LogP contribution in [0.15, 0.2) is 13.2 Å². The summed E-state index contributed by atoms with van der Waals surface area (Å²) in [6.45, 7) is 7.33. The lowest BCUT2D eigenvalue weighted by Crippen LogP contribution is -2.37. The van der Waals surface area contributed by atoms with E-state index in [9.17, 15) is 9.90 Å². The first kappa shape index (κ1) is 11.7. The van der Waals surface area contributed by atoms with Crippen LogP contribution in [0, 0.1) is 0 Å². The highest BCUT2D eigenvalue weighted by Crippen LogP contribution is 2.15. The van der Waals surface area contributed by atoms with E-state index in [1.165, 1.54) is 6.92 Å². The summed E-state index contributed by atoms with van der Waals surface area (Å²) >= 11 is 7.10. The van der Waals surface area contributed by atoms with Crippen LogP contribution in [-0.4, -0.2) is 10.0 Å². The van der Waals surface area contributed by atoms with Crippen LogP contribution in [0.1, 0.15) is 6.92 Å². The van der Waals surface area contributed by atoms with Crippen LogP contribution in [0.5, 0.6) is 0 Å². The van der Waals surface area contributed by atoms with Gasteiger partial charge in [-0.2, -0.15) is 25.3 Å². The number of carbonyl (C=O) groups is 1. The molecule has 0 aliphatic rings. The predicted molar refractivity (Wildman–Crippen MR) is 42.6 cm³/mol. The van der Waals surface area contributed by atoms with Gasteiger partial charge in [0, 0.05) is 0 Å². The third kappa shape index (κ3) is 7.91. The molecule has 0 aromatic heterocycles. The number of hydrogen-bond acceptors (Lipinski definition) is 4. The average molecular weight is 165 g/mol. The molecular weight excluding hydrogens is 156 g/mol. The lowest BCUT2D eigenvalue weighted by atomic mass is 10.5. The molecule has 0 aromatic carbocycles. The van der Waals surface area contributed by atoms with Crippen molar-refractivity contribution in [3.8, 4) is 0 Å². The van der Waals surface area contributed by atoms with Crippen molar-refractivity contribution in [2.24, 2.45) is 0 Å². The molecule has 0 bridgehead atoms. The third-order valence-electron chi connectivity index (χ3n) is 0.387. The van der Waals surface area contributed by atoms with Crippen molar-refractivity contribution in [2.75, 3.05) is 0 Å². The van der Waals surface area contributed by atoms with E-state index in [-0.39, 0.29) is 0 Å². The van der Waals surface area contributed by atoms with Gasteiger partial charge in [-0.1, -0.05) is 0 Å². The van der Waals surface area contributed by atoms with Crippen LogP contribution < -0.4 is 5.11 Å². The Labute approximate surface area is 65.8 Å². The number of thiol groups is 2. The second kappa shape index (κ2) is 4.76. The molecule has 0 aliphatic carbocycles. The zero-order chi connectivity index (χ0) is 8.08. The van der Waals surface area contributed by atoms with Gasteiger partial charge in [0.05, 0.1) is 10.0 Å². The molecule has 0 aromatic rings. The molecule has 0 amide bonds. The number of carboxylic acid groups (broad SMARTS) is 1. The summed E-state index contributed by atoms with van der Waals surface area (Å²) in [5.74, 6) is -1.28. The monoisotopic (exact) mass is 165 g/mol. The minimum atomic E-state index is -1.31. The lowest BCUT2D eigenvalue weighted by Gasteiger charge is -2.15. The van der Waals surface area contributed by atoms with Gasteiger partial charge >= 0.3 is 0 Å². The molecule has 0 spiro atoms. The van der Waals surface area contributed by atoms with Crippen molar-refractivity contribution in [3.05, 3.63) is 13.2 Å². The van der Waals surface area contributed by atoms with Gasteiger partial charge in [0.15, 0.2) is 0 Å². The first-order chi connectivity index (χ1) is 3.94. The van der Waals surface area contributed by atoms with Crippen molar-refractivity contribution in [3.63, 3.8) is 0 Å². The van der Waals surface area contributed by atoms with Crippen LogP contribution in [0.3, 0.4) is 0 Å². The number of rotatable bonds is 1. The first-order valence-corrected chi connectivity index (χ1v) is 3.00. The van der Waals surface area contributed by atoms with E-state index in [2.05, 4.69) is 38.4 Å². The molecule has 0 saturated heterocycles. The topological polar surface area (TPSA) is 40.1 Å². The zero-order valence-electron chi connectivity index (χ0n) is 5.13. The molecule has 0 N–H and O–H groups in total. The lowest BCUT2D eigenvalue weighted by molar-refractivity contribution is -0.305. The van der Waals surface area contributed by atoms with Gasteiger partial charge in [-0.15, -0.1) is 13.2 Å². The van der Waals surface area contributed by atoms with Crippen LogP contribution >= 0.6 is 25.3 Å². The summed E-state index contributed by atoms with van der Waals surface area (Å²) in [6.07, 6.45) is 0. The molecule has 0 rings (SSSR count). The SMILES string of the molecule is C=C.CC(S)(S)C(=O)[O-]. The molecule has 0 atom stereocenters. The number of carbonyl (C=O) groups excluding carboxylic acids is 1. The van der Waals surface area contributed by atoms with Crippen LogP contribution in [-0.2, 0) is 4.79 Å². The van der Waals surface area contributed by atoms with Crippen molar-refractivity contribution in [1.29, 1.82) is 0 Å². The predicted octanol–water partition coefficient (Wildman–Crippen LogP) is 0.114. The largest absolute Gasteiger partial charge is 0.548 e. The Morgan fingerprint density at radius 2 is 1.67 bits per heavy atom. The molecule has 0 fully saturated rings. The smallest absolute Gasteiger partial charge is 0.0918 e. The van der Waals surface area contributed by atoms with E-state index in [4.69, 9.17) is 0 Å². The summed E-state index contributed by atoms with van der Waals surface area (Å²) in [5, 5.41) is 9.76. The maximum Gasteiger partial charge on any atom is 0.0918 e. The van der Waals surface area contributed by atoms with Gasteiger partial charge in [-0.3, -0.25) is 0 Å². The molecule has 2 nitrogen and oxygen atoms in total. The fraction of sp³-hybridized carbons (Fsp3) is 0.400. The van der Waals surface area contributed by atoms with Gasteiger partial charge in [0.25, 0.3) is 0 Å². The molecule has 0 aliphatic heterocycles. The number of hydrogen-bond donors (Lipinski definition) is 2. The van der Waals surface area contributed by atoms with Crippen LogP contribution in [0.2, 0.25) is 0 Å². The third-order valence-corrected chi connectivity index (χ3v) is 0.752. The summed E-state index contributed by atoms with van der Waals surface area (Å²) in [4.78, 5) is 9.76. The van der Waals surface area contributed by atoms with E-state index in [0.717, 1.165) is 0 Å². The Morgan fingerprint density at radius 3 is 1.67 bits per heavy atom. The van der Waals surface area contributed by atoms with Crippen molar-refractivity contribution in [2.45, 2.75) is 11.0 Å². The first-order valence-electron chi connectivity index (χ1n) is 2.11. The Hall–Kier alpha value is -0.0900. The summed E-state index contributed by atoms with van der Waals surface area (Å²) in [5.41, 5.74) is 0. The highest BCUT2D eigenvalue weighted by atomic mass is 32.2. The van der Waals surface area contributed by atoms with E-state index >= 15 is 0 Å². The number of carboxylic acids is 1. The van der Waals surface area contributed by atoms with Crippen molar-refractivity contribution in [1.82, 2.24) is 0 Å². The Bertz CT molecular complexity index is 95.6. The van der Waals surface area contributed by atoms with E-state index in [0.29, 0.717) is 0 Å². The zero-order valence-corrected chi connectivity index (χ0v) is 6.91. The molecule has 0 heterocycles. The summed E-state index contributed by atoms with van der Waals surface area (Å²) in [6, 6.07) is 0. The molecule has 9 heavy (non-hydrogen) atoms. The fourth-order valence-corrected chi connectivity index (χ4v) is 0. The van der Waals surface area contributed by atoms with Crippen LogP contribution in [0.4, 0.5) is 0 Å². The van der Waals surface area contributed by atoms with Gasteiger partial charge in [-0.05, 0) is 6.92 Å². The minimum absolute atomic E-state index is 1.28. The maximum absolute atomic E-state index is 9.76. The second-order valence-corrected chi connectivity index (χ2v) is 3.45. The molecule has 4 heteroatoms. The van der Waals surface area contributed by atoms with Crippen molar-refractivity contribution >= 4 is 31.2 Å². The van der Waals surface area contributed by atoms with Gasteiger partial charge in [0.2, 0.25) is 0 Å². The average Bonchev–Trinajstić information content (AvgIpc) is 1.69. The van der Waals surface area contributed by atoms with Gasteiger partial charge in [0.1, 0.15) is 0 Å². The van der Waals surface area contributed by atoms with E-state index in [1.54, 1.807) is 0 Å². The van der Waals surface area contributed by atoms with E-state index < -0.39 is 10.0 Å². The van der Waals surface area contributed by atoms with Gasteiger partial charge in [-0.25, -0.2) is 0 Å². The molecule has 0 saturated carbocycles. The quantitative estimate of drug-likeness (QED) is 0.329. The molecule has 0 unspecified atom stereocenters. The fourth-order valence-electron chi connectivity index (χ4n) is 0. The maximum atomic E-state index is 9.76. The highest BCUT2D eigenvalue weighted by molar-refractivity contribution is 8.01. The molecule has 54 valence electrons. The molecular formula is C5H9O2S2-. The Morgan fingerprint density at radius 1 is 1.56 bits per heavy atom. The summed E-state index contributed by atoms with van der Waals surface area (Å²) < 4.78 is -1.31. The van der Waals surface area contributed by atoms with Crippen molar-refractivity contribution < 1.29 is 9.90 Å². The summed E-state index contributed by atoms with van der Waals surface area (Å²) in [7, 11) is 0. The standard InChI is InChI=1S/C3H6O2S2.C2H4/c1-3(6,7)2(4)5;1-2/h6-7H,1H3,(H,4,5);1-2H2/p-1. The van der Waals surface area contributed by atoms with Crippen LogP contribution in [0.25, 0.3) is 0 Å². The van der Waals surface area contributed by atoms with Gasteiger partial charge < -0.3 is 9.90 Å². The Balaban J connectivity index is 0. The normalized spacial score (nSPS) is 9.22. The Kier molecular flexibility index (Phi) is 6.17. The molecule has 0 radical (unpaired) electrons.